The molecule has 0 bridgehead atoms. The molecule has 0 spiro atoms. The van der Waals surface area contributed by atoms with E-state index in [1.54, 1.807) is 42.1 Å². The van der Waals surface area contributed by atoms with Gasteiger partial charge in [0.1, 0.15) is 0 Å². The van der Waals surface area contributed by atoms with E-state index in [9.17, 15) is 9.59 Å². The summed E-state index contributed by atoms with van der Waals surface area (Å²) in [7, 11) is 1.56. The van der Waals surface area contributed by atoms with Crippen LogP contribution in [0, 0.1) is 0 Å². The van der Waals surface area contributed by atoms with E-state index in [0.717, 1.165) is 5.56 Å². The summed E-state index contributed by atoms with van der Waals surface area (Å²) in [6.45, 7) is 2.83. The number of nitrogens with zero attached hydrogens (tertiary/aromatic N) is 1. The highest BCUT2D eigenvalue weighted by Crippen LogP contribution is 2.28. The molecule has 1 amide bonds. The molecule has 6 nitrogen and oxygen atoms in total. The molecule has 0 saturated carbocycles. The van der Waals surface area contributed by atoms with E-state index >= 15 is 0 Å². The third-order valence-electron chi connectivity index (χ3n) is 4.19. The summed E-state index contributed by atoms with van der Waals surface area (Å²) in [6, 6.07) is 17.5. The van der Waals surface area contributed by atoms with Gasteiger partial charge in [-0.15, -0.1) is 0 Å². The van der Waals surface area contributed by atoms with E-state index in [2.05, 4.69) is 5.32 Å². The second kappa shape index (κ2) is 8.90. The second-order valence-corrected chi connectivity index (χ2v) is 6.12. The van der Waals surface area contributed by atoms with Gasteiger partial charge in [-0.3, -0.25) is 9.59 Å². The van der Waals surface area contributed by atoms with E-state index in [1.807, 2.05) is 37.3 Å². The van der Waals surface area contributed by atoms with E-state index in [4.69, 9.17) is 9.47 Å². The number of rotatable bonds is 7. The van der Waals surface area contributed by atoms with Crippen LogP contribution in [0.15, 0.2) is 71.7 Å². The summed E-state index contributed by atoms with van der Waals surface area (Å²) >= 11 is 0. The third-order valence-corrected chi connectivity index (χ3v) is 4.19. The number of methoxy groups -OCH3 is 1. The van der Waals surface area contributed by atoms with Crippen molar-refractivity contribution in [1.82, 2.24) is 4.57 Å². The quantitative estimate of drug-likeness (QED) is 0.683. The van der Waals surface area contributed by atoms with Gasteiger partial charge in [0.25, 0.3) is 11.5 Å². The lowest BCUT2D eigenvalue weighted by molar-refractivity contribution is 0.102. The van der Waals surface area contributed by atoms with Crippen LogP contribution >= 0.6 is 0 Å². The molecule has 3 aromatic rings. The van der Waals surface area contributed by atoms with Crippen LogP contribution in [0.5, 0.6) is 11.5 Å². The number of carbonyl (C=O) groups excluding carboxylic acids is 1. The smallest absolute Gasteiger partial charge is 0.255 e. The average Bonchev–Trinajstić information content (AvgIpc) is 2.71. The van der Waals surface area contributed by atoms with Crippen molar-refractivity contribution in [1.29, 1.82) is 0 Å². The molecule has 1 aromatic heterocycles. The summed E-state index contributed by atoms with van der Waals surface area (Å²) in [6.07, 6.45) is 1.75. The topological polar surface area (TPSA) is 69.6 Å². The Morgan fingerprint density at radius 2 is 1.82 bits per heavy atom. The largest absolute Gasteiger partial charge is 0.493 e. The maximum Gasteiger partial charge on any atom is 0.255 e. The van der Waals surface area contributed by atoms with Gasteiger partial charge in [-0.2, -0.15) is 0 Å². The number of amides is 1. The zero-order valence-electron chi connectivity index (χ0n) is 15.8. The van der Waals surface area contributed by atoms with Crippen LogP contribution in [0.1, 0.15) is 22.8 Å². The maximum absolute atomic E-state index is 12.5. The molecule has 0 atom stereocenters. The number of hydrogen-bond acceptors (Lipinski definition) is 4. The summed E-state index contributed by atoms with van der Waals surface area (Å²) < 4.78 is 12.4. The van der Waals surface area contributed by atoms with Gasteiger partial charge in [-0.05, 0) is 48.9 Å². The molecule has 2 aromatic carbocycles. The predicted molar refractivity (Wildman–Crippen MR) is 108 cm³/mol. The Hall–Kier alpha value is -3.54. The second-order valence-electron chi connectivity index (χ2n) is 6.12. The van der Waals surface area contributed by atoms with Crippen LogP contribution in [0.4, 0.5) is 5.69 Å². The summed E-state index contributed by atoms with van der Waals surface area (Å²) in [5, 5.41) is 2.86. The SMILES string of the molecule is CCOc1cc(C(=O)Nc2ccc(Cn3ccccc3=O)cc2)ccc1OC. The first-order valence-corrected chi connectivity index (χ1v) is 8.97. The molecule has 0 aliphatic carbocycles. The average molecular weight is 378 g/mol. The summed E-state index contributed by atoms with van der Waals surface area (Å²) in [4.78, 5) is 24.3. The van der Waals surface area contributed by atoms with Crippen LogP contribution in [-0.4, -0.2) is 24.2 Å². The molecule has 3 rings (SSSR count). The van der Waals surface area contributed by atoms with E-state index in [0.29, 0.717) is 35.9 Å². The number of hydrogen-bond donors (Lipinski definition) is 1. The fraction of sp³-hybridized carbons (Fsp3) is 0.182. The molecule has 0 unspecified atom stereocenters. The van der Waals surface area contributed by atoms with Gasteiger partial charge in [0, 0.05) is 23.5 Å². The van der Waals surface area contributed by atoms with Gasteiger partial charge in [-0.25, -0.2) is 0 Å². The Balaban J connectivity index is 1.70. The Morgan fingerprint density at radius 3 is 2.50 bits per heavy atom. The van der Waals surface area contributed by atoms with E-state index in [-0.39, 0.29) is 11.5 Å². The molecule has 1 N–H and O–H groups in total. The van der Waals surface area contributed by atoms with Crippen molar-refractivity contribution in [2.24, 2.45) is 0 Å². The zero-order chi connectivity index (χ0) is 19.9. The van der Waals surface area contributed by atoms with Crippen molar-refractivity contribution in [3.05, 3.63) is 88.3 Å². The summed E-state index contributed by atoms with van der Waals surface area (Å²) in [5.41, 5.74) is 2.06. The zero-order valence-corrected chi connectivity index (χ0v) is 15.8. The van der Waals surface area contributed by atoms with Crippen molar-refractivity contribution in [2.75, 3.05) is 19.0 Å². The van der Waals surface area contributed by atoms with E-state index in [1.165, 1.54) is 6.07 Å². The predicted octanol–water partition coefficient (Wildman–Crippen LogP) is 3.56. The Kier molecular flexibility index (Phi) is 6.11. The minimum Gasteiger partial charge on any atom is -0.493 e. The lowest BCUT2D eigenvalue weighted by atomic mass is 10.1. The molecule has 0 aliphatic rings. The van der Waals surface area contributed by atoms with E-state index < -0.39 is 0 Å². The number of pyridine rings is 1. The van der Waals surface area contributed by atoms with Crippen LogP contribution in [0.25, 0.3) is 0 Å². The molecule has 1 heterocycles. The molecule has 0 radical (unpaired) electrons. The van der Waals surface area contributed by atoms with Crippen LogP contribution in [0.2, 0.25) is 0 Å². The first-order valence-electron chi connectivity index (χ1n) is 8.97. The molecule has 0 fully saturated rings. The first-order chi connectivity index (χ1) is 13.6. The normalized spacial score (nSPS) is 10.4. The van der Waals surface area contributed by atoms with Crippen LogP contribution < -0.4 is 20.3 Å². The van der Waals surface area contributed by atoms with Gasteiger partial charge in [-0.1, -0.05) is 18.2 Å². The van der Waals surface area contributed by atoms with Gasteiger partial charge in [0.2, 0.25) is 0 Å². The third kappa shape index (κ3) is 4.59. The van der Waals surface area contributed by atoms with Gasteiger partial charge in [0.05, 0.1) is 20.3 Å². The maximum atomic E-state index is 12.5. The number of ether oxygens (including phenoxy) is 2. The highest BCUT2D eigenvalue weighted by atomic mass is 16.5. The Morgan fingerprint density at radius 1 is 1.04 bits per heavy atom. The van der Waals surface area contributed by atoms with Crippen molar-refractivity contribution < 1.29 is 14.3 Å². The number of nitrogens with one attached hydrogen (secondary N) is 1. The lowest BCUT2D eigenvalue weighted by Gasteiger charge is -2.12. The fourth-order valence-electron chi connectivity index (χ4n) is 2.77. The van der Waals surface area contributed by atoms with Crippen molar-refractivity contribution in [3.8, 4) is 11.5 Å². The monoisotopic (exact) mass is 378 g/mol. The van der Waals surface area contributed by atoms with Crippen LogP contribution in [0.3, 0.4) is 0 Å². The van der Waals surface area contributed by atoms with Gasteiger partial charge < -0.3 is 19.4 Å². The molecule has 0 saturated heterocycles. The van der Waals surface area contributed by atoms with Crippen LogP contribution in [-0.2, 0) is 6.54 Å². The Labute approximate surface area is 163 Å². The standard InChI is InChI=1S/C22H22N2O4/c1-3-28-20-14-17(9-12-19(20)27-2)22(26)23-18-10-7-16(8-11-18)15-24-13-5-4-6-21(24)25/h4-14H,3,15H2,1-2H3,(H,23,26). The molecule has 0 aliphatic heterocycles. The number of anilines is 1. The number of carbonyl (C=O) groups is 1. The fourth-order valence-corrected chi connectivity index (χ4v) is 2.77. The number of aromatic nitrogens is 1. The highest BCUT2D eigenvalue weighted by Gasteiger charge is 2.11. The lowest BCUT2D eigenvalue weighted by Crippen LogP contribution is -2.18. The molecule has 144 valence electrons. The molecular formula is C22H22N2O4. The van der Waals surface area contributed by atoms with Gasteiger partial charge in [0.15, 0.2) is 11.5 Å². The first kappa shape index (κ1) is 19.2. The van der Waals surface area contributed by atoms with Crippen molar-refractivity contribution in [3.63, 3.8) is 0 Å². The minimum absolute atomic E-state index is 0.0514. The van der Waals surface area contributed by atoms with Crippen molar-refractivity contribution in [2.45, 2.75) is 13.5 Å². The summed E-state index contributed by atoms with van der Waals surface area (Å²) in [5.74, 6) is 0.871. The minimum atomic E-state index is -0.240. The highest BCUT2D eigenvalue weighted by molar-refractivity contribution is 6.04. The Bertz CT molecular complexity index is 1010. The molecule has 28 heavy (non-hydrogen) atoms. The van der Waals surface area contributed by atoms with Crippen molar-refractivity contribution >= 4 is 11.6 Å². The molecule has 6 heteroatoms. The van der Waals surface area contributed by atoms with Gasteiger partial charge >= 0.3 is 0 Å². The number of benzene rings is 2. The molecular weight excluding hydrogens is 356 g/mol.